The van der Waals surface area contributed by atoms with Gasteiger partial charge in [-0.1, -0.05) is 38.1 Å². The van der Waals surface area contributed by atoms with Crippen molar-refractivity contribution in [2.45, 2.75) is 38.9 Å². The van der Waals surface area contributed by atoms with E-state index in [1.54, 1.807) is 0 Å². The highest BCUT2D eigenvalue weighted by atomic mass is 19.4. The van der Waals surface area contributed by atoms with Gasteiger partial charge >= 0.3 is 6.18 Å². The van der Waals surface area contributed by atoms with E-state index in [-0.39, 0.29) is 12.6 Å². The van der Waals surface area contributed by atoms with Crippen LogP contribution in [0.15, 0.2) is 24.3 Å². The Morgan fingerprint density at radius 3 is 2.20 bits per heavy atom. The van der Waals surface area contributed by atoms with E-state index in [0.29, 0.717) is 13.0 Å². The Hall–Kier alpha value is -1.07. The molecule has 0 radical (unpaired) electrons. The van der Waals surface area contributed by atoms with Gasteiger partial charge in [0.1, 0.15) is 6.61 Å². The summed E-state index contributed by atoms with van der Waals surface area (Å²) in [7, 11) is 0. The summed E-state index contributed by atoms with van der Waals surface area (Å²) in [6.07, 6.45) is -2.62. The van der Waals surface area contributed by atoms with Gasteiger partial charge in [-0.2, -0.15) is 13.2 Å². The van der Waals surface area contributed by atoms with E-state index in [1.807, 2.05) is 19.1 Å². The highest BCUT2D eigenvalue weighted by Crippen LogP contribution is 2.15. The smallest absolute Gasteiger partial charge is 0.370 e. The van der Waals surface area contributed by atoms with Crippen molar-refractivity contribution in [3.8, 4) is 0 Å². The van der Waals surface area contributed by atoms with Crippen LogP contribution in [0, 0.1) is 0 Å². The van der Waals surface area contributed by atoms with Gasteiger partial charge in [0.25, 0.3) is 0 Å². The molecule has 0 bridgehead atoms. The van der Waals surface area contributed by atoms with Crippen LogP contribution >= 0.6 is 0 Å². The Labute approximate surface area is 118 Å². The molecule has 0 amide bonds. The van der Waals surface area contributed by atoms with Crippen molar-refractivity contribution in [3.63, 3.8) is 0 Å². The maximum Gasteiger partial charge on any atom is 0.411 e. The molecule has 1 aromatic rings. The molecule has 0 aliphatic rings. The Kier molecular flexibility index (Phi) is 7.02. The summed E-state index contributed by atoms with van der Waals surface area (Å²) in [4.78, 5) is 0. The zero-order valence-corrected chi connectivity index (χ0v) is 12.0. The van der Waals surface area contributed by atoms with Crippen LogP contribution in [0.4, 0.5) is 13.2 Å². The molecule has 0 saturated heterocycles. The highest BCUT2D eigenvalue weighted by molar-refractivity contribution is 5.23. The van der Waals surface area contributed by atoms with Crippen LogP contribution in [0.3, 0.4) is 0 Å². The van der Waals surface area contributed by atoms with Crippen LogP contribution in [0.2, 0.25) is 0 Å². The molecule has 0 aliphatic carbocycles. The first kappa shape index (κ1) is 17.0. The number of alkyl halides is 3. The minimum Gasteiger partial charge on any atom is -0.370 e. The molecular weight excluding hydrogens is 267 g/mol. The van der Waals surface area contributed by atoms with Gasteiger partial charge in [0.2, 0.25) is 0 Å². The molecule has 0 saturated carbocycles. The Balaban J connectivity index is 2.48. The summed E-state index contributed by atoms with van der Waals surface area (Å²) >= 11 is 0. The molecule has 1 rings (SSSR count). The van der Waals surface area contributed by atoms with Crippen molar-refractivity contribution in [2.24, 2.45) is 0 Å². The summed E-state index contributed by atoms with van der Waals surface area (Å²) in [5.74, 6) is 0. The molecule has 1 atom stereocenters. The van der Waals surface area contributed by atoms with E-state index in [2.05, 4.69) is 24.4 Å². The van der Waals surface area contributed by atoms with Gasteiger partial charge in [0, 0.05) is 6.04 Å². The average molecular weight is 289 g/mol. The van der Waals surface area contributed by atoms with Gasteiger partial charge in [-0.25, -0.2) is 0 Å². The van der Waals surface area contributed by atoms with E-state index in [4.69, 9.17) is 4.74 Å². The van der Waals surface area contributed by atoms with E-state index in [1.165, 1.54) is 5.56 Å². The van der Waals surface area contributed by atoms with Crippen LogP contribution in [0.1, 0.15) is 25.0 Å². The monoisotopic (exact) mass is 289 g/mol. The predicted octanol–water partition coefficient (Wildman–Crippen LogP) is 3.35. The Bertz CT molecular complexity index is 376. The minimum absolute atomic E-state index is 0.0584. The number of hydrogen-bond acceptors (Lipinski definition) is 2. The highest BCUT2D eigenvalue weighted by Gasteiger charge is 2.27. The summed E-state index contributed by atoms with van der Waals surface area (Å²) in [5.41, 5.74) is 2.35. The van der Waals surface area contributed by atoms with E-state index in [0.717, 1.165) is 12.0 Å². The number of nitrogens with one attached hydrogen (secondary N) is 1. The summed E-state index contributed by atoms with van der Waals surface area (Å²) in [6.45, 7) is 3.58. The number of rotatable bonds is 8. The molecule has 1 N–H and O–H groups in total. The lowest BCUT2D eigenvalue weighted by atomic mass is 10.0. The largest absolute Gasteiger partial charge is 0.411 e. The lowest BCUT2D eigenvalue weighted by molar-refractivity contribution is -0.175. The molecule has 0 aliphatic heterocycles. The summed E-state index contributed by atoms with van der Waals surface area (Å²) in [6, 6.07) is 8.04. The standard InChI is InChI=1S/C15H22F3NO/c1-3-12-5-7-13(8-6-12)9-14(19-4-2)10-20-11-15(16,17)18/h5-8,14,19H,3-4,9-11H2,1-2H3. The van der Waals surface area contributed by atoms with E-state index >= 15 is 0 Å². The lowest BCUT2D eigenvalue weighted by Crippen LogP contribution is -2.36. The van der Waals surface area contributed by atoms with Crippen molar-refractivity contribution in [3.05, 3.63) is 35.4 Å². The van der Waals surface area contributed by atoms with E-state index < -0.39 is 12.8 Å². The third-order valence-corrected chi connectivity index (χ3v) is 2.99. The average Bonchev–Trinajstić information content (AvgIpc) is 2.38. The molecule has 2 nitrogen and oxygen atoms in total. The molecule has 1 unspecified atom stereocenters. The topological polar surface area (TPSA) is 21.3 Å². The number of likely N-dealkylation sites (N-methyl/N-ethyl adjacent to an activating group) is 1. The number of benzene rings is 1. The fraction of sp³-hybridized carbons (Fsp3) is 0.600. The maximum absolute atomic E-state index is 12.1. The summed E-state index contributed by atoms with van der Waals surface area (Å²) < 4.78 is 40.9. The van der Waals surface area contributed by atoms with Crippen molar-refractivity contribution in [1.82, 2.24) is 5.32 Å². The van der Waals surface area contributed by atoms with Gasteiger partial charge in [-0.3, -0.25) is 0 Å². The second-order valence-corrected chi connectivity index (χ2v) is 4.76. The third-order valence-electron chi connectivity index (χ3n) is 2.99. The molecule has 0 aromatic heterocycles. The second kappa shape index (κ2) is 8.27. The van der Waals surface area contributed by atoms with Gasteiger partial charge in [0.15, 0.2) is 0 Å². The maximum atomic E-state index is 12.1. The Morgan fingerprint density at radius 2 is 1.70 bits per heavy atom. The molecule has 0 fully saturated rings. The fourth-order valence-corrected chi connectivity index (χ4v) is 1.99. The first-order chi connectivity index (χ1) is 9.44. The van der Waals surface area contributed by atoms with Gasteiger partial charge in [0.05, 0.1) is 6.61 Å². The van der Waals surface area contributed by atoms with Crippen molar-refractivity contribution < 1.29 is 17.9 Å². The Morgan fingerprint density at radius 1 is 1.10 bits per heavy atom. The van der Waals surface area contributed by atoms with Crippen LogP contribution in [-0.2, 0) is 17.6 Å². The van der Waals surface area contributed by atoms with Crippen LogP contribution in [0.25, 0.3) is 0 Å². The zero-order valence-electron chi connectivity index (χ0n) is 12.0. The van der Waals surface area contributed by atoms with Crippen LogP contribution in [0.5, 0.6) is 0 Å². The molecule has 1 aromatic carbocycles. The van der Waals surface area contributed by atoms with Gasteiger partial charge in [-0.15, -0.1) is 0 Å². The van der Waals surface area contributed by atoms with Gasteiger partial charge in [-0.05, 0) is 30.5 Å². The van der Waals surface area contributed by atoms with Crippen LogP contribution in [-0.4, -0.2) is 32.0 Å². The molecule has 0 heterocycles. The molecule has 20 heavy (non-hydrogen) atoms. The third kappa shape index (κ3) is 6.91. The molecule has 114 valence electrons. The lowest BCUT2D eigenvalue weighted by Gasteiger charge is -2.19. The number of aryl methyl sites for hydroxylation is 1. The van der Waals surface area contributed by atoms with E-state index in [9.17, 15) is 13.2 Å². The minimum atomic E-state index is -4.26. The first-order valence-electron chi connectivity index (χ1n) is 6.90. The number of ether oxygens (including phenoxy) is 1. The van der Waals surface area contributed by atoms with Crippen LogP contribution < -0.4 is 5.32 Å². The van der Waals surface area contributed by atoms with Crippen molar-refractivity contribution >= 4 is 0 Å². The predicted molar refractivity (Wildman–Crippen MR) is 73.9 cm³/mol. The molecule has 5 heteroatoms. The van der Waals surface area contributed by atoms with Crippen molar-refractivity contribution in [2.75, 3.05) is 19.8 Å². The number of halogens is 3. The fourth-order valence-electron chi connectivity index (χ4n) is 1.99. The number of hydrogen-bond donors (Lipinski definition) is 1. The molecule has 0 spiro atoms. The van der Waals surface area contributed by atoms with Crippen molar-refractivity contribution in [1.29, 1.82) is 0 Å². The summed E-state index contributed by atoms with van der Waals surface area (Å²) in [5, 5.41) is 3.15. The SMILES string of the molecule is CCNC(COCC(F)(F)F)Cc1ccc(CC)cc1. The first-order valence-corrected chi connectivity index (χ1v) is 6.90. The van der Waals surface area contributed by atoms with Gasteiger partial charge < -0.3 is 10.1 Å². The molecular formula is C15H22F3NO. The second-order valence-electron chi connectivity index (χ2n) is 4.76. The quantitative estimate of drug-likeness (QED) is 0.792. The normalized spacial score (nSPS) is 13.4. The zero-order chi connectivity index (χ0) is 15.0.